The standard InChI is InChI=1S/C13H18N2/c1-10(7-8-14)11(2)13-5-3-12(9-15)4-6-13/h3-6,10-11H,7-8,14H2,1-2H3. The molecule has 2 N–H and O–H groups in total. The van der Waals surface area contributed by atoms with E-state index in [-0.39, 0.29) is 0 Å². The summed E-state index contributed by atoms with van der Waals surface area (Å²) in [6.45, 7) is 5.17. The number of nitrogens with two attached hydrogens (primary N) is 1. The lowest BCUT2D eigenvalue weighted by Gasteiger charge is -2.19. The Morgan fingerprint density at radius 2 is 1.87 bits per heavy atom. The van der Waals surface area contributed by atoms with Crippen LogP contribution in [0.5, 0.6) is 0 Å². The minimum Gasteiger partial charge on any atom is -0.330 e. The Morgan fingerprint density at radius 1 is 1.27 bits per heavy atom. The highest BCUT2D eigenvalue weighted by Crippen LogP contribution is 2.26. The van der Waals surface area contributed by atoms with Crippen LogP contribution in [-0.4, -0.2) is 6.54 Å². The van der Waals surface area contributed by atoms with Crippen molar-refractivity contribution < 1.29 is 0 Å². The topological polar surface area (TPSA) is 49.8 Å². The number of rotatable bonds is 4. The third-order valence-electron chi connectivity index (χ3n) is 3.04. The zero-order valence-corrected chi connectivity index (χ0v) is 9.40. The predicted octanol–water partition coefficient (Wildman–Crippen LogP) is 2.65. The summed E-state index contributed by atoms with van der Waals surface area (Å²) >= 11 is 0. The van der Waals surface area contributed by atoms with Crippen LogP contribution in [0.25, 0.3) is 0 Å². The van der Waals surface area contributed by atoms with E-state index in [2.05, 4.69) is 19.9 Å². The second kappa shape index (κ2) is 5.53. The van der Waals surface area contributed by atoms with Gasteiger partial charge >= 0.3 is 0 Å². The molecule has 0 aromatic heterocycles. The fraction of sp³-hybridized carbons (Fsp3) is 0.462. The van der Waals surface area contributed by atoms with Gasteiger partial charge in [-0.1, -0.05) is 26.0 Å². The number of nitriles is 1. The second-order valence-electron chi connectivity index (χ2n) is 4.08. The molecule has 80 valence electrons. The van der Waals surface area contributed by atoms with E-state index in [1.807, 2.05) is 24.3 Å². The van der Waals surface area contributed by atoms with Gasteiger partial charge in [-0.2, -0.15) is 5.26 Å². The summed E-state index contributed by atoms with van der Waals surface area (Å²) in [6.07, 6.45) is 1.04. The van der Waals surface area contributed by atoms with Crippen molar-refractivity contribution in [3.63, 3.8) is 0 Å². The van der Waals surface area contributed by atoms with E-state index in [0.717, 1.165) is 18.5 Å². The lowest BCUT2D eigenvalue weighted by molar-refractivity contribution is 0.459. The molecule has 0 spiro atoms. The molecule has 2 atom stereocenters. The van der Waals surface area contributed by atoms with Crippen LogP contribution in [0.3, 0.4) is 0 Å². The van der Waals surface area contributed by atoms with Gasteiger partial charge in [0.05, 0.1) is 11.6 Å². The second-order valence-corrected chi connectivity index (χ2v) is 4.08. The first-order valence-electron chi connectivity index (χ1n) is 5.39. The van der Waals surface area contributed by atoms with Gasteiger partial charge in [0.1, 0.15) is 0 Å². The van der Waals surface area contributed by atoms with Crippen LogP contribution in [0.1, 0.15) is 37.3 Å². The first-order valence-corrected chi connectivity index (χ1v) is 5.39. The lowest BCUT2D eigenvalue weighted by Crippen LogP contribution is -2.11. The first kappa shape index (κ1) is 11.7. The summed E-state index contributed by atoms with van der Waals surface area (Å²) in [4.78, 5) is 0. The van der Waals surface area contributed by atoms with Crippen molar-refractivity contribution in [2.24, 2.45) is 11.7 Å². The average Bonchev–Trinajstić information content (AvgIpc) is 2.28. The maximum Gasteiger partial charge on any atom is 0.0991 e. The molecule has 2 unspecified atom stereocenters. The van der Waals surface area contributed by atoms with Crippen molar-refractivity contribution in [2.45, 2.75) is 26.2 Å². The van der Waals surface area contributed by atoms with Crippen LogP contribution in [0, 0.1) is 17.2 Å². The Balaban J connectivity index is 2.74. The van der Waals surface area contributed by atoms with Gasteiger partial charge in [0.2, 0.25) is 0 Å². The zero-order valence-electron chi connectivity index (χ0n) is 9.40. The Labute approximate surface area is 91.7 Å². The van der Waals surface area contributed by atoms with E-state index < -0.39 is 0 Å². The summed E-state index contributed by atoms with van der Waals surface area (Å²) in [6, 6.07) is 9.96. The highest BCUT2D eigenvalue weighted by molar-refractivity contribution is 5.33. The zero-order chi connectivity index (χ0) is 11.3. The van der Waals surface area contributed by atoms with Crippen molar-refractivity contribution >= 4 is 0 Å². The largest absolute Gasteiger partial charge is 0.330 e. The molecule has 0 amide bonds. The molecule has 1 aromatic carbocycles. The number of hydrogen-bond donors (Lipinski definition) is 1. The Morgan fingerprint density at radius 3 is 2.33 bits per heavy atom. The molecular formula is C13H18N2. The van der Waals surface area contributed by atoms with Crippen molar-refractivity contribution in [1.29, 1.82) is 5.26 Å². The fourth-order valence-electron chi connectivity index (χ4n) is 1.70. The van der Waals surface area contributed by atoms with Gasteiger partial charge in [-0.05, 0) is 42.5 Å². The molecule has 0 aliphatic rings. The fourth-order valence-corrected chi connectivity index (χ4v) is 1.70. The minimum absolute atomic E-state index is 0.501. The molecule has 1 rings (SSSR count). The van der Waals surface area contributed by atoms with Gasteiger partial charge in [-0.25, -0.2) is 0 Å². The SMILES string of the molecule is CC(CCN)C(C)c1ccc(C#N)cc1. The smallest absolute Gasteiger partial charge is 0.0991 e. The molecule has 0 aliphatic heterocycles. The van der Waals surface area contributed by atoms with Crippen molar-refractivity contribution in [1.82, 2.24) is 0 Å². The molecule has 0 heterocycles. The molecule has 0 aliphatic carbocycles. The Hall–Kier alpha value is -1.33. The van der Waals surface area contributed by atoms with E-state index in [1.165, 1.54) is 5.56 Å². The van der Waals surface area contributed by atoms with Gasteiger partial charge < -0.3 is 5.73 Å². The van der Waals surface area contributed by atoms with E-state index in [0.29, 0.717) is 11.8 Å². The average molecular weight is 202 g/mol. The van der Waals surface area contributed by atoms with Crippen molar-refractivity contribution in [3.8, 4) is 6.07 Å². The summed E-state index contributed by atoms with van der Waals surface area (Å²) in [5, 5.41) is 8.69. The molecule has 2 nitrogen and oxygen atoms in total. The van der Waals surface area contributed by atoms with Crippen LogP contribution in [0.2, 0.25) is 0 Å². The highest BCUT2D eigenvalue weighted by Gasteiger charge is 2.13. The maximum absolute atomic E-state index is 8.69. The highest BCUT2D eigenvalue weighted by atomic mass is 14.5. The molecule has 0 bridgehead atoms. The van der Waals surface area contributed by atoms with Crippen LogP contribution in [0.15, 0.2) is 24.3 Å². The molecule has 2 heteroatoms. The molecule has 0 fully saturated rings. The van der Waals surface area contributed by atoms with Gasteiger partial charge in [-0.3, -0.25) is 0 Å². The third kappa shape index (κ3) is 3.07. The van der Waals surface area contributed by atoms with Crippen molar-refractivity contribution in [2.75, 3.05) is 6.54 Å². The first-order chi connectivity index (χ1) is 7.19. The van der Waals surface area contributed by atoms with Gasteiger partial charge in [0.15, 0.2) is 0 Å². The van der Waals surface area contributed by atoms with Gasteiger partial charge in [0.25, 0.3) is 0 Å². The van der Waals surface area contributed by atoms with Crippen LogP contribution < -0.4 is 5.73 Å². The van der Waals surface area contributed by atoms with E-state index >= 15 is 0 Å². The normalized spacial score (nSPS) is 14.3. The molecule has 0 saturated heterocycles. The Bertz CT molecular complexity index is 335. The minimum atomic E-state index is 0.501. The van der Waals surface area contributed by atoms with Crippen LogP contribution in [0.4, 0.5) is 0 Å². The van der Waals surface area contributed by atoms with Crippen LogP contribution >= 0.6 is 0 Å². The monoisotopic (exact) mass is 202 g/mol. The van der Waals surface area contributed by atoms with Crippen molar-refractivity contribution in [3.05, 3.63) is 35.4 Å². The van der Waals surface area contributed by atoms with E-state index in [1.54, 1.807) is 0 Å². The number of benzene rings is 1. The summed E-state index contributed by atoms with van der Waals surface area (Å²) < 4.78 is 0. The summed E-state index contributed by atoms with van der Waals surface area (Å²) in [5.74, 6) is 1.09. The summed E-state index contributed by atoms with van der Waals surface area (Å²) in [7, 11) is 0. The van der Waals surface area contributed by atoms with E-state index in [4.69, 9.17) is 11.0 Å². The summed E-state index contributed by atoms with van der Waals surface area (Å²) in [5.41, 5.74) is 7.55. The molecule has 0 radical (unpaired) electrons. The third-order valence-corrected chi connectivity index (χ3v) is 3.04. The number of nitrogens with zero attached hydrogens (tertiary/aromatic N) is 1. The van der Waals surface area contributed by atoms with Crippen LogP contribution in [-0.2, 0) is 0 Å². The molecule has 1 aromatic rings. The maximum atomic E-state index is 8.69. The molecule has 15 heavy (non-hydrogen) atoms. The molecule has 0 saturated carbocycles. The molecular weight excluding hydrogens is 184 g/mol. The van der Waals surface area contributed by atoms with Gasteiger partial charge in [0, 0.05) is 0 Å². The quantitative estimate of drug-likeness (QED) is 0.816. The predicted molar refractivity (Wildman–Crippen MR) is 62.4 cm³/mol. The Kier molecular flexibility index (Phi) is 4.33. The van der Waals surface area contributed by atoms with E-state index in [9.17, 15) is 0 Å². The number of hydrogen-bond acceptors (Lipinski definition) is 2. The lowest BCUT2D eigenvalue weighted by atomic mass is 9.86. The van der Waals surface area contributed by atoms with Gasteiger partial charge in [-0.15, -0.1) is 0 Å².